The van der Waals surface area contributed by atoms with Crippen LogP contribution in [0.15, 0.2) is 28.9 Å². The van der Waals surface area contributed by atoms with Gasteiger partial charge in [-0.2, -0.15) is 0 Å². The Bertz CT molecular complexity index is 555. The summed E-state index contributed by atoms with van der Waals surface area (Å²) in [5, 5.41) is 10.4. The predicted molar refractivity (Wildman–Crippen MR) is 52.0 cm³/mol. The maximum absolute atomic E-state index is 11.8. The molecule has 2 rings (SSSR count). The van der Waals surface area contributed by atoms with Gasteiger partial charge in [0.2, 0.25) is 0 Å². The second kappa shape index (κ2) is 3.61. The smallest absolute Gasteiger partial charge is 0.397 e. The summed E-state index contributed by atoms with van der Waals surface area (Å²) < 4.78 is 6.29. The third-order valence-electron chi connectivity index (χ3n) is 2.02. The number of nitrogens with zero attached hydrogens (tertiary/aromatic N) is 3. The highest BCUT2D eigenvalue weighted by atomic mass is 16.6. The molecule has 0 aliphatic carbocycles. The molecule has 0 unspecified atom stereocenters. The first-order chi connectivity index (χ1) is 7.59. The van der Waals surface area contributed by atoms with Gasteiger partial charge in [-0.25, -0.2) is 4.98 Å². The molecule has 0 amide bonds. The zero-order valence-electron chi connectivity index (χ0n) is 8.28. The molecule has 82 valence electrons. The van der Waals surface area contributed by atoms with E-state index in [4.69, 9.17) is 4.42 Å². The Kier molecular flexibility index (Phi) is 2.28. The molecule has 0 saturated carbocycles. The summed E-state index contributed by atoms with van der Waals surface area (Å²) in [6.45, 7) is 0. The summed E-state index contributed by atoms with van der Waals surface area (Å²) in [5.41, 5.74) is 0. The zero-order valence-corrected chi connectivity index (χ0v) is 8.28. The number of aromatic nitrogens is 2. The number of carbonyl (C=O) groups is 1. The second-order valence-corrected chi connectivity index (χ2v) is 3.09. The lowest BCUT2D eigenvalue weighted by Crippen LogP contribution is -2.07. The second-order valence-electron chi connectivity index (χ2n) is 3.09. The molecule has 16 heavy (non-hydrogen) atoms. The Morgan fingerprint density at radius 3 is 2.81 bits per heavy atom. The summed E-state index contributed by atoms with van der Waals surface area (Å²) in [5.74, 6) is -0.872. The van der Waals surface area contributed by atoms with Crippen molar-refractivity contribution < 1.29 is 14.1 Å². The van der Waals surface area contributed by atoms with Crippen LogP contribution < -0.4 is 0 Å². The molecule has 0 atom stereocenters. The molecule has 0 aliphatic rings. The minimum Gasteiger partial charge on any atom is -0.397 e. The quantitative estimate of drug-likeness (QED) is 0.440. The largest absolute Gasteiger partial charge is 0.433 e. The van der Waals surface area contributed by atoms with Gasteiger partial charge in [0.25, 0.3) is 5.78 Å². The summed E-state index contributed by atoms with van der Waals surface area (Å²) >= 11 is 0. The third-order valence-corrected chi connectivity index (χ3v) is 2.02. The average Bonchev–Trinajstić information content (AvgIpc) is 2.84. The highest BCUT2D eigenvalue weighted by Crippen LogP contribution is 2.17. The number of carbonyl (C=O) groups excluding carboxylic acids is 1. The highest BCUT2D eigenvalue weighted by molar-refractivity contribution is 6.04. The fourth-order valence-electron chi connectivity index (χ4n) is 1.24. The Morgan fingerprint density at radius 2 is 2.31 bits per heavy atom. The van der Waals surface area contributed by atoms with E-state index in [0.717, 1.165) is 6.07 Å². The van der Waals surface area contributed by atoms with Crippen LogP contribution in [0.2, 0.25) is 0 Å². The standard InChI is InChI=1S/C9H7N3O4/c1-11-5-4-10-9(11)8(13)6-2-3-7(16-6)12(14)15/h2-5H,1H3. The van der Waals surface area contributed by atoms with Gasteiger partial charge in [-0.05, 0) is 6.07 Å². The topological polar surface area (TPSA) is 91.2 Å². The van der Waals surface area contributed by atoms with Crippen LogP contribution in [-0.4, -0.2) is 20.3 Å². The fraction of sp³-hybridized carbons (Fsp3) is 0.111. The van der Waals surface area contributed by atoms with Crippen LogP contribution in [0.1, 0.15) is 16.4 Å². The van der Waals surface area contributed by atoms with Crippen molar-refractivity contribution >= 4 is 11.7 Å². The molecule has 7 heteroatoms. The van der Waals surface area contributed by atoms with E-state index in [-0.39, 0.29) is 11.6 Å². The van der Waals surface area contributed by atoms with Crippen LogP contribution in [0, 0.1) is 10.1 Å². The van der Waals surface area contributed by atoms with Crippen LogP contribution >= 0.6 is 0 Å². The van der Waals surface area contributed by atoms with Crippen LogP contribution in [0.3, 0.4) is 0 Å². The predicted octanol–water partition coefficient (Wildman–Crippen LogP) is 1.15. The van der Waals surface area contributed by atoms with Crippen molar-refractivity contribution in [2.75, 3.05) is 0 Å². The van der Waals surface area contributed by atoms with Crippen molar-refractivity contribution in [2.45, 2.75) is 0 Å². The molecule has 0 saturated heterocycles. The molecule has 0 spiro atoms. The molecule has 7 nitrogen and oxygen atoms in total. The van der Waals surface area contributed by atoms with Gasteiger partial charge in [-0.3, -0.25) is 14.9 Å². The number of aryl methyl sites for hydroxylation is 1. The SMILES string of the molecule is Cn1ccnc1C(=O)c1ccc([N+](=O)[O-])o1. The van der Waals surface area contributed by atoms with E-state index in [1.807, 2.05) is 0 Å². The van der Waals surface area contributed by atoms with Gasteiger partial charge in [-0.1, -0.05) is 0 Å². The number of nitro groups is 1. The van der Waals surface area contributed by atoms with E-state index in [9.17, 15) is 14.9 Å². The zero-order chi connectivity index (χ0) is 11.7. The Labute approximate surface area is 89.5 Å². The number of ketones is 1. The molecule has 2 heterocycles. The molecule has 0 bridgehead atoms. The van der Waals surface area contributed by atoms with Gasteiger partial charge in [0, 0.05) is 19.4 Å². The molecule has 2 aromatic heterocycles. The normalized spacial score (nSPS) is 10.3. The lowest BCUT2D eigenvalue weighted by molar-refractivity contribution is -0.402. The van der Waals surface area contributed by atoms with Gasteiger partial charge in [0.15, 0.2) is 11.6 Å². The van der Waals surface area contributed by atoms with Gasteiger partial charge in [0.05, 0.1) is 6.07 Å². The van der Waals surface area contributed by atoms with Crippen molar-refractivity contribution in [3.05, 3.63) is 46.2 Å². The average molecular weight is 221 g/mol. The number of rotatable bonds is 3. The maximum Gasteiger partial charge on any atom is 0.433 e. The first-order valence-corrected chi connectivity index (χ1v) is 4.36. The van der Waals surface area contributed by atoms with E-state index in [2.05, 4.69) is 4.98 Å². The lowest BCUT2D eigenvalue weighted by atomic mass is 10.3. The summed E-state index contributed by atoms with van der Waals surface area (Å²) in [7, 11) is 1.65. The van der Waals surface area contributed by atoms with Crippen molar-refractivity contribution in [3.63, 3.8) is 0 Å². The highest BCUT2D eigenvalue weighted by Gasteiger charge is 2.21. The fourth-order valence-corrected chi connectivity index (χ4v) is 1.24. The number of furan rings is 1. The number of hydrogen-bond donors (Lipinski definition) is 0. The van der Waals surface area contributed by atoms with E-state index in [1.165, 1.54) is 16.8 Å². The molecular weight excluding hydrogens is 214 g/mol. The summed E-state index contributed by atoms with van der Waals surface area (Å²) in [6, 6.07) is 2.39. The van der Waals surface area contributed by atoms with E-state index < -0.39 is 16.6 Å². The van der Waals surface area contributed by atoms with Gasteiger partial charge in [0.1, 0.15) is 4.92 Å². The van der Waals surface area contributed by atoms with Gasteiger partial charge in [-0.15, -0.1) is 0 Å². The van der Waals surface area contributed by atoms with Gasteiger partial charge >= 0.3 is 5.88 Å². The first-order valence-electron chi connectivity index (χ1n) is 4.36. The molecule has 0 aromatic carbocycles. The van der Waals surface area contributed by atoms with E-state index >= 15 is 0 Å². The molecular formula is C9H7N3O4. The van der Waals surface area contributed by atoms with Gasteiger partial charge < -0.3 is 8.98 Å². The molecule has 0 N–H and O–H groups in total. The van der Waals surface area contributed by atoms with Crippen molar-refractivity contribution in [3.8, 4) is 0 Å². The number of hydrogen-bond acceptors (Lipinski definition) is 5. The van der Waals surface area contributed by atoms with Crippen molar-refractivity contribution in [1.82, 2.24) is 9.55 Å². The van der Waals surface area contributed by atoms with Crippen molar-refractivity contribution in [2.24, 2.45) is 7.05 Å². The summed E-state index contributed by atoms with van der Waals surface area (Å²) in [4.78, 5) is 25.3. The lowest BCUT2D eigenvalue weighted by Gasteiger charge is -1.96. The Balaban J connectivity index is 2.35. The molecule has 0 radical (unpaired) electrons. The van der Waals surface area contributed by atoms with Crippen LogP contribution in [-0.2, 0) is 7.05 Å². The maximum atomic E-state index is 11.8. The van der Waals surface area contributed by atoms with Crippen LogP contribution in [0.5, 0.6) is 0 Å². The first kappa shape index (κ1) is 10.1. The minimum atomic E-state index is -0.699. The molecule has 0 fully saturated rings. The van der Waals surface area contributed by atoms with E-state index in [0.29, 0.717) is 0 Å². The summed E-state index contributed by atoms with van der Waals surface area (Å²) in [6.07, 6.45) is 3.06. The Hall–Kier alpha value is -2.44. The van der Waals surface area contributed by atoms with Crippen LogP contribution in [0.4, 0.5) is 5.88 Å². The molecule has 0 aliphatic heterocycles. The molecule has 2 aromatic rings. The Morgan fingerprint density at radius 1 is 1.56 bits per heavy atom. The van der Waals surface area contributed by atoms with Crippen molar-refractivity contribution in [1.29, 1.82) is 0 Å². The number of imidazole rings is 1. The third kappa shape index (κ3) is 1.58. The minimum absolute atomic E-state index is 0.0963. The van der Waals surface area contributed by atoms with Crippen LogP contribution in [0.25, 0.3) is 0 Å². The van der Waals surface area contributed by atoms with E-state index in [1.54, 1.807) is 13.2 Å². The monoisotopic (exact) mass is 221 g/mol.